The molecule has 1 fully saturated rings. The van der Waals surface area contributed by atoms with Crippen LogP contribution in [-0.4, -0.2) is 83.9 Å². The molecule has 34 heavy (non-hydrogen) atoms. The van der Waals surface area contributed by atoms with Gasteiger partial charge < -0.3 is 15.1 Å². The summed E-state index contributed by atoms with van der Waals surface area (Å²) < 4.78 is 0. The van der Waals surface area contributed by atoms with E-state index in [2.05, 4.69) is 53.5 Å². The number of aromatic nitrogens is 2. The number of fused-ring (bicyclic) bond motifs is 1. The molecule has 180 valence electrons. The molecule has 2 aromatic carbocycles. The number of nitrogens with zero attached hydrogens (tertiary/aromatic N) is 5. The van der Waals surface area contributed by atoms with Gasteiger partial charge in [0.1, 0.15) is 11.6 Å². The predicted molar refractivity (Wildman–Crippen MR) is 138 cm³/mol. The van der Waals surface area contributed by atoms with Gasteiger partial charge in [-0.2, -0.15) is 0 Å². The topological polar surface area (TPSA) is 64.6 Å². The molecule has 2 heterocycles. The second kappa shape index (κ2) is 11.9. The first-order valence-electron chi connectivity index (χ1n) is 12.3. The van der Waals surface area contributed by atoms with Crippen molar-refractivity contribution in [3.63, 3.8) is 0 Å². The van der Waals surface area contributed by atoms with Gasteiger partial charge in [0.05, 0.1) is 12.1 Å². The molecular weight excluding hydrogens is 424 g/mol. The quantitative estimate of drug-likeness (QED) is 0.469. The number of piperazine rings is 1. The van der Waals surface area contributed by atoms with Gasteiger partial charge in [-0.3, -0.25) is 9.69 Å². The Morgan fingerprint density at radius 3 is 2.47 bits per heavy atom. The van der Waals surface area contributed by atoms with Crippen molar-refractivity contribution in [2.75, 3.05) is 58.7 Å². The maximum Gasteiger partial charge on any atom is 0.222 e. The summed E-state index contributed by atoms with van der Waals surface area (Å²) in [6, 6.07) is 18.4. The highest BCUT2D eigenvalue weighted by Crippen LogP contribution is 2.21. The highest BCUT2D eigenvalue weighted by atomic mass is 16.2. The second-order valence-electron chi connectivity index (χ2n) is 9.23. The maximum atomic E-state index is 12.7. The number of amides is 1. The number of hydrogen-bond donors (Lipinski definition) is 1. The minimum Gasteiger partial charge on any atom is -0.369 e. The normalized spacial score (nSPS) is 14.6. The van der Waals surface area contributed by atoms with Gasteiger partial charge in [-0.05, 0) is 51.2 Å². The fraction of sp³-hybridized carbons (Fsp3) is 0.444. The second-order valence-corrected chi connectivity index (χ2v) is 9.23. The number of hydrogen-bond acceptors (Lipinski definition) is 6. The third-order valence-electron chi connectivity index (χ3n) is 6.28. The van der Waals surface area contributed by atoms with Crippen LogP contribution in [0.4, 0.5) is 5.82 Å². The van der Waals surface area contributed by atoms with Crippen LogP contribution in [0.15, 0.2) is 54.6 Å². The summed E-state index contributed by atoms with van der Waals surface area (Å²) in [6.45, 7) is 5.83. The summed E-state index contributed by atoms with van der Waals surface area (Å²) in [5.74, 6) is 1.99. The Morgan fingerprint density at radius 2 is 1.71 bits per heavy atom. The van der Waals surface area contributed by atoms with Crippen LogP contribution in [-0.2, 0) is 17.8 Å². The monoisotopic (exact) mass is 460 g/mol. The van der Waals surface area contributed by atoms with Crippen molar-refractivity contribution in [3.8, 4) is 0 Å². The van der Waals surface area contributed by atoms with Gasteiger partial charge in [-0.1, -0.05) is 42.5 Å². The molecule has 1 aliphatic rings. The van der Waals surface area contributed by atoms with Gasteiger partial charge in [-0.15, -0.1) is 0 Å². The number of benzene rings is 2. The van der Waals surface area contributed by atoms with Gasteiger partial charge >= 0.3 is 0 Å². The highest BCUT2D eigenvalue weighted by molar-refractivity contribution is 5.88. The molecule has 1 saturated heterocycles. The number of para-hydroxylation sites is 1. The summed E-state index contributed by atoms with van der Waals surface area (Å²) in [5.41, 5.74) is 2.19. The molecule has 1 aliphatic heterocycles. The Labute approximate surface area is 202 Å². The first kappa shape index (κ1) is 24.1. The zero-order valence-electron chi connectivity index (χ0n) is 20.4. The predicted octanol–water partition coefficient (Wildman–Crippen LogP) is 3.27. The molecule has 1 aromatic heterocycles. The lowest BCUT2D eigenvalue weighted by atomic mass is 10.1. The highest BCUT2D eigenvalue weighted by Gasteiger charge is 2.22. The number of aryl methyl sites for hydroxylation is 1. The van der Waals surface area contributed by atoms with E-state index in [4.69, 9.17) is 9.97 Å². The van der Waals surface area contributed by atoms with Crippen LogP contribution in [0.2, 0.25) is 0 Å². The van der Waals surface area contributed by atoms with E-state index in [1.807, 2.05) is 35.2 Å². The average molecular weight is 461 g/mol. The van der Waals surface area contributed by atoms with Crippen molar-refractivity contribution in [3.05, 3.63) is 66.0 Å². The van der Waals surface area contributed by atoms with Crippen molar-refractivity contribution in [1.82, 2.24) is 24.7 Å². The van der Waals surface area contributed by atoms with Crippen molar-refractivity contribution >= 4 is 22.6 Å². The lowest BCUT2D eigenvalue weighted by Gasteiger charge is -2.34. The molecule has 0 atom stereocenters. The van der Waals surface area contributed by atoms with E-state index in [9.17, 15) is 4.79 Å². The van der Waals surface area contributed by atoms with E-state index in [0.717, 1.165) is 74.7 Å². The third-order valence-corrected chi connectivity index (χ3v) is 6.28. The number of carbonyl (C=O) groups is 1. The van der Waals surface area contributed by atoms with Crippen LogP contribution in [0.5, 0.6) is 0 Å². The molecule has 1 amide bonds. The molecule has 0 saturated carbocycles. The molecule has 3 aromatic rings. The zero-order valence-corrected chi connectivity index (χ0v) is 20.4. The first-order chi connectivity index (χ1) is 16.6. The van der Waals surface area contributed by atoms with Gasteiger partial charge in [0.15, 0.2) is 0 Å². The standard InChI is InChI=1S/C27H36N6O/c1-31(2)16-8-15-28-27-23-11-6-7-12-24(23)29-25(30-27)21-32-17-19-33(20-18-32)26(34)14-13-22-9-4-3-5-10-22/h3-7,9-12H,8,13-21H2,1-2H3,(H,28,29,30). The van der Waals surface area contributed by atoms with Gasteiger partial charge in [-0.25, -0.2) is 9.97 Å². The van der Waals surface area contributed by atoms with E-state index >= 15 is 0 Å². The SMILES string of the molecule is CN(C)CCCNc1nc(CN2CCN(C(=O)CCc3ccccc3)CC2)nc2ccccc12. The van der Waals surface area contributed by atoms with E-state index in [0.29, 0.717) is 13.0 Å². The van der Waals surface area contributed by atoms with Gasteiger partial charge in [0, 0.05) is 44.5 Å². The maximum absolute atomic E-state index is 12.7. The molecule has 0 spiro atoms. The summed E-state index contributed by atoms with van der Waals surface area (Å²) in [6.07, 6.45) is 2.43. The first-order valence-corrected chi connectivity index (χ1v) is 12.3. The van der Waals surface area contributed by atoms with Crippen LogP contribution in [0.25, 0.3) is 10.9 Å². The lowest BCUT2D eigenvalue weighted by molar-refractivity contribution is -0.133. The van der Waals surface area contributed by atoms with Crippen LogP contribution < -0.4 is 5.32 Å². The summed E-state index contributed by atoms with van der Waals surface area (Å²) >= 11 is 0. The van der Waals surface area contributed by atoms with Crippen molar-refractivity contribution < 1.29 is 4.79 Å². The molecule has 1 N–H and O–H groups in total. The molecule has 7 nitrogen and oxygen atoms in total. The fourth-order valence-corrected chi connectivity index (χ4v) is 4.34. The molecule has 4 rings (SSSR count). The Morgan fingerprint density at radius 1 is 0.971 bits per heavy atom. The summed E-state index contributed by atoms with van der Waals surface area (Å²) in [5, 5.41) is 4.58. The lowest BCUT2D eigenvalue weighted by Crippen LogP contribution is -2.48. The number of rotatable bonds is 10. The minimum atomic E-state index is 0.245. The van der Waals surface area contributed by atoms with Crippen LogP contribution in [0, 0.1) is 0 Å². The zero-order chi connectivity index (χ0) is 23.8. The van der Waals surface area contributed by atoms with Gasteiger partial charge in [0.2, 0.25) is 5.91 Å². The third kappa shape index (κ3) is 6.74. The van der Waals surface area contributed by atoms with Crippen LogP contribution in [0.3, 0.4) is 0 Å². The van der Waals surface area contributed by atoms with E-state index in [1.54, 1.807) is 0 Å². The number of anilines is 1. The molecule has 0 aliphatic carbocycles. The molecule has 0 bridgehead atoms. The molecule has 0 unspecified atom stereocenters. The Bertz CT molecular complexity index is 1060. The number of carbonyl (C=O) groups excluding carboxylic acids is 1. The number of nitrogens with one attached hydrogen (secondary N) is 1. The Balaban J connectivity index is 1.31. The smallest absolute Gasteiger partial charge is 0.222 e. The fourth-order valence-electron chi connectivity index (χ4n) is 4.34. The molecule has 0 radical (unpaired) electrons. The average Bonchev–Trinajstić information content (AvgIpc) is 2.86. The summed E-state index contributed by atoms with van der Waals surface area (Å²) in [4.78, 5) is 28.9. The Kier molecular flexibility index (Phi) is 8.44. The minimum absolute atomic E-state index is 0.245. The Hall–Kier alpha value is -3.03. The van der Waals surface area contributed by atoms with Crippen LogP contribution in [0.1, 0.15) is 24.2 Å². The van der Waals surface area contributed by atoms with Gasteiger partial charge in [0.25, 0.3) is 0 Å². The summed E-state index contributed by atoms with van der Waals surface area (Å²) in [7, 11) is 4.18. The van der Waals surface area contributed by atoms with E-state index in [1.165, 1.54) is 5.56 Å². The van der Waals surface area contributed by atoms with E-state index < -0.39 is 0 Å². The van der Waals surface area contributed by atoms with Crippen molar-refractivity contribution in [2.45, 2.75) is 25.8 Å². The van der Waals surface area contributed by atoms with Crippen LogP contribution >= 0.6 is 0 Å². The largest absolute Gasteiger partial charge is 0.369 e. The van der Waals surface area contributed by atoms with Crippen molar-refractivity contribution in [2.24, 2.45) is 0 Å². The molecular formula is C27H36N6O. The van der Waals surface area contributed by atoms with E-state index in [-0.39, 0.29) is 5.91 Å². The van der Waals surface area contributed by atoms with Crippen molar-refractivity contribution in [1.29, 1.82) is 0 Å². The molecule has 7 heteroatoms.